The van der Waals surface area contributed by atoms with Crippen LogP contribution in [0.25, 0.3) is 0 Å². The predicted octanol–water partition coefficient (Wildman–Crippen LogP) is 0.632. The van der Waals surface area contributed by atoms with E-state index in [4.69, 9.17) is 18.9 Å². The number of hydrogen-bond donors (Lipinski definition) is 2. The van der Waals surface area contributed by atoms with Crippen molar-refractivity contribution in [2.24, 2.45) is 0 Å². The van der Waals surface area contributed by atoms with Crippen molar-refractivity contribution in [1.82, 2.24) is 10.6 Å². The van der Waals surface area contributed by atoms with Gasteiger partial charge in [0.25, 0.3) is 0 Å². The summed E-state index contributed by atoms with van der Waals surface area (Å²) in [5.74, 6) is -1.26. The van der Waals surface area contributed by atoms with Crippen LogP contribution in [0, 0.1) is 0 Å². The van der Waals surface area contributed by atoms with E-state index in [9.17, 15) is 19.2 Å². The van der Waals surface area contributed by atoms with E-state index >= 15 is 0 Å². The second-order valence-electron chi connectivity index (χ2n) is 4.63. The van der Waals surface area contributed by atoms with Gasteiger partial charge in [-0.25, -0.2) is 19.2 Å². The summed E-state index contributed by atoms with van der Waals surface area (Å²) < 4.78 is 19.1. The lowest BCUT2D eigenvalue weighted by Crippen LogP contribution is -2.40. The maximum absolute atomic E-state index is 11.4. The number of amides is 2. The van der Waals surface area contributed by atoms with Crippen molar-refractivity contribution in [2.75, 3.05) is 19.9 Å². The van der Waals surface area contributed by atoms with Gasteiger partial charge in [-0.05, 0) is 13.8 Å². The Balaban J connectivity index is 3.86. The maximum atomic E-state index is 11.4. The maximum Gasteiger partial charge on any atom is 0.408 e. The van der Waals surface area contributed by atoms with E-state index in [1.807, 2.05) is 0 Å². The number of ether oxygens (including phenoxy) is 4. The Bertz CT molecular complexity index is 462. The highest BCUT2D eigenvalue weighted by molar-refractivity contribution is 5.81. The van der Waals surface area contributed by atoms with E-state index in [0.717, 1.165) is 12.2 Å². The summed E-state index contributed by atoms with van der Waals surface area (Å²) in [4.78, 5) is 44.6. The molecule has 2 unspecified atom stereocenters. The molecule has 2 N–H and O–H groups in total. The van der Waals surface area contributed by atoms with Crippen LogP contribution < -0.4 is 10.6 Å². The van der Waals surface area contributed by atoms with Crippen LogP contribution in [-0.4, -0.2) is 56.2 Å². The van der Waals surface area contributed by atoms with Crippen molar-refractivity contribution in [3.05, 3.63) is 25.3 Å². The predicted molar refractivity (Wildman–Crippen MR) is 85.3 cm³/mol. The minimum Gasteiger partial charge on any atom is -0.459 e. The third kappa shape index (κ3) is 12.1. The first-order valence-corrected chi connectivity index (χ1v) is 7.25. The van der Waals surface area contributed by atoms with Crippen molar-refractivity contribution in [3.63, 3.8) is 0 Å². The van der Waals surface area contributed by atoms with Crippen molar-refractivity contribution in [3.8, 4) is 0 Å². The minimum atomic E-state index is -0.824. The molecule has 140 valence electrons. The van der Waals surface area contributed by atoms with E-state index in [0.29, 0.717) is 0 Å². The average molecular weight is 358 g/mol. The SMILES string of the molecule is C=CC(=O)OCC(C)OC(=O)NCNC(=O)OC(C)COC(=O)C=C. The van der Waals surface area contributed by atoms with Crippen LogP contribution in [-0.2, 0) is 28.5 Å². The molecule has 10 heteroatoms. The second-order valence-corrected chi connectivity index (χ2v) is 4.63. The van der Waals surface area contributed by atoms with Crippen molar-refractivity contribution >= 4 is 24.1 Å². The number of esters is 2. The van der Waals surface area contributed by atoms with Gasteiger partial charge in [0.1, 0.15) is 25.4 Å². The van der Waals surface area contributed by atoms with Crippen LogP contribution in [0.1, 0.15) is 13.8 Å². The number of rotatable bonds is 10. The van der Waals surface area contributed by atoms with Gasteiger partial charge in [0.15, 0.2) is 0 Å². The molecule has 0 radical (unpaired) electrons. The lowest BCUT2D eigenvalue weighted by Gasteiger charge is -2.15. The molecule has 0 aliphatic heterocycles. The van der Waals surface area contributed by atoms with Gasteiger partial charge >= 0.3 is 24.1 Å². The molecule has 2 atom stereocenters. The summed E-state index contributed by atoms with van der Waals surface area (Å²) in [6.45, 7) is 8.97. The molecule has 0 spiro atoms. The molecule has 0 aliphatic rings. The zero-order chi connectivity index (χ0) is 19.2. The molecule has 2 amide bonds. The molecule has 0 aromatic heterocycles. The first-order chi connectivity index (χ1) is 11.8. The van der Waals surface area contributed by atoms with E-state index in [-0.39, 0.29) is 19.9 Å². The Labute approximate surface area is 145 Å². The van der Waals surface area contributed by atoms with Crippen LogP contribution >= 0.6 is 0 Å². The Morgan fingerprint density at radius 1 is 0.840 bits per heavy atom. The summed E-state index contributed by atoms with van der Waals surface area (Å²) in [5.41, 5.74) is 0. The molecule has 0 aromatic carbocycles. The molecule has 0 bridgehead atoms. The van der Waals surface area contributed by atoms with Crippen LogP contribution in [0.2, 0.25) is 0 Å². The second kappa shape index (κ2) is 12.4. The molecule has 0 aliphatic carbocycles. The highest BCUT2D eigenvalue weighted by Crippen LogP contribution is 1.95. The van der Waals surface area contributed by atoms with E-state index in [1.165, 1.54) is 13.8 Å². The van der Waals surface area contributed by atoms with Crippen LogP contribution in [0.15, 0.2) is 25.3 Å². The normalized spacial score (nSPS) is 11.9. The first-order valence-electron chi connectivity index (χ1n) is 7.25. The van der Waals surface area contributed by atoms with Crippen molar-refractivity contribution in [2.45, 2.75) is 26.1 Å². The number of carbonyl (C=O) groups is 4. The molecular formula is C15H22N2O8. The summed E-state index contributed by atoms with van der Waals surface area (Å²) in [5, 5.41) is 4.49. The van der Waals surface area contributed by atoms with Gasteiger partial charge in [-0.1, -0.05) is 13.2 Å². The molecule has 10 nitrogen and oxygen atoms in total. The summed E-state index contributed by atoms with van der Waals surface area (Å²) in [7, 11) is 0. The molecule has 0 saturated carbocycles. The van der Waals surface area contributed by atoms with Gasteiger partial charge in [0, 0.05) is 12.2 Å². The third-order valence-corrected chi connectivity index (χ3v) is 2.34. The van der Waals surface area contributed by atoms with Gasteiger partial charge in [-0.2, -0.15) is 0 Å². The zero-order valence-corrected chi connectivity index (χ0v) is 14.1. The molecular weight excluding hydrogens is 336 g/mol. The summed E-state index contributed by atoms with van der Waals surface area (Å²) in [6.07, 6.45) is -1.04. The molecule has 0 fully saturated rings. The monoisotopic (exact) mass is 358 g/mol. The standard InChI is InChI=1S/C15H22N2O8/c1-5-12(18)22-7-10(3)24-14(20)16-9-17-15(21)25-11(4)8-23-13(19)6-2/h5-6,10-11H,1-2,7-9H2,3-4H3,(H,16,20)(H,17,21). The number of alkyl carbamates (subject to hydrolysis) is 2. The van der Waals surface area contributed by atoms with Crippen LogP contribution in [0.3, 0.4) is 0 Å². The molecule has 0 rings (SSSR count). The molecule has 0 saturated heterocycles. The van der Waals surface area contributed by atoms with Gasteiger partial charge in [-0.3, -0.25) is 0 Å². The van der Waals surface area contributed by atoms with Crippen LogP contribution in [0.4, 0.5) is 9.59 Å². The van der Waals surface area contributed by atoms with Crippen molar-refractivity contribution in [1.29, 1.82) is 0 Å². The fraction of sp³-hybridized carbons (Fsp3) is 0.467. The highest BCUT2D eigenvalue weighted by atomic mass is 16.6. The molecule has 25 heavy (non-hydrogen) atoms. The van der Waals surface area contributed by atoms with E-state index in [2.05, 4.69) is 23.8 Å². The number of hydrogen-bond acceptors (Lipinski definition) is 8. The minimum absolute atomic E-state index is 0.130. The topological polar surface area (TPSA) is 129 Å². The summed E-state index contributed by atoms with van der Waals surface area (Å²) in [6, 6.07) is 0. The number of carbonyl (C=O) groups excluding carboxylic acids is 4. The Morgan fingerprint density at radius 2 is 1.20 bits per heavy atom. The lowest BCUT2D eigenvalue weighted by atomic mass is 10.4. The number of nitrogens with one attached hydrogen (secondary N) is 2. The average Bonchev–Trinajstić information content (AvgIpc) is 2.57. The first kappa shape index (κ1) is 22.0. The third-order valence-electron chi connectivity index (χ3n) is 2.34. The smallest absolute Gasteiger partial charge is 0.408 e. The van der Waals surface area contributed by atoms with Gasteiger partial charge < -0.3 is 29.6 Å². The highest BCUT2D eigenvalue weighted by Gasteiger charge is 2.13. The summed E-state index contributed by atoms with van der Waals surface area (Å²) >= 11 is 0. The van der Waals surface area contributed by atoms with Crippen molar-refractivity contribution < 1.29 is 38.1 Å². The van der Waals surface area contributed by atoms with Gasteiger partial charge in [0.05, 0.1) is 6.67 Å². The van der Waals surface area contributed by atoms with Crippen LogP contribution in [0.5, 0.6) is 0 Å². The Hall–Kier alpha value is -3.04. The fourth-order valence-electron chi connectivity index (χ4n) is 1.22. The molecule has 0 aromatic rings. The molecule has 0 heterocycles. The van der Waals surface area contributed by atoms with Gasteiger partial charge in [0.2, 0.25) is 0 Å². The Kier molecular flexibility index (Phi) is 10.9. The van der Waals surface area contributed by atoms with Gasteiger partial charge in [-0.15, -0.1) is 0 Å². The van der Waals surface area contributed by atoms with E-state index < -0.39 is 36.3 Å². The zero-order valence-electron chi connectivity index (χ0n) is 14.1. The quantitative estimate of drug-likeness (QED) is 0.252. The fourth-order valence-corrected chi connectivity index (χ4v) is 1.22. The largest absolute Gasteiger partial charge is 0.459 e. The Morgan fingerprint density at radius 3 is 1.52 bits per heavy atom. The lowest BCUT2D eigenvalue weighted by molar-refractivity contribution is -0.141. The van der Waals surface area contributed by atoms with E-state index in [1.54, 1.807) is 0 Å².